The highest BCUT2D eigenvalue weighted by Gasteiger charge is 2.22. The van der Waals surface area contributed by atoms with Gasteiger partial charge < -0.3 is 15.0 Å². The zero-order valence-corrected chi connectivity index (χ0v) is 13.6. The fourth-order valence-corrected chi connectivity index (χ4v) is 3.48. The van der Waals surface area contributed by atoms with Crippen molar-refractivity contribution in [3.63, 3.8) is 0 Å². The molecule has 1 N–H and O–H groups in total. The number of rotatable bonds is 8. The van der Waals surface area contributed by atoms with Gasteiger partial charge >= 0.3 is 0 Å². The highest BCUT2D eigenvalue weighted by Crippen LogP contribution is 2.21. The Bertz CT molecular complexity index is 297. The van der Waals surface area contributed by atoms with Crippen LogP contribution >= 0.6 is 0 Å². The maximum absolute atomic E-state index is 11.7. The molecular weight excluding hydrogens is 264 g/mol. The summed E-state index contributed by atoms with van der Waals surface area (Å²) >= 11 is 0. The highest BCUT2D eigenvalue weighted by molar-refractivity contribution is 5.80. The number of hydrogen-bond acceptors (Lipinski definition) is 3. The van der Waals surface area contributed by atoms with Crippen LogP contribution in [0.4, 0.5) is 0 Å². The number of nitrogens with one attached hydrogen (secondary N) is 1. The van der Waals surface area contributed by atoms with Gasteiger partial charge in [0.05, 0.1) is 0 Å². The number of ether oxygens (including phenoxy) is 1. The molecule has 2 rings (SSSR count). The van der Waals surface area contributed by atoms with Crippen molar-refractivity contribution in [2.75, 3.05) is 26.7 Å². The first kappa shape index (κ1) is 16.8. The SMILES string of the molecule is CN(CCCCCNC(=O)C1CCCO1)C1CCCCC1. The van der Waals surface area contributed by atoms with Crippen LogP contribution in [0.5, 0.6) is 0 Å². The summed E-state index contributed by atoms with van der Waals surface area (Å²) in [5.41, 5.74) is 0. The van der Waals surface area contributed by atoms with Crippen molar-refractivity contribution in [3.05, 3.63) is 0 Å². The van der Waals surface area contributed by atoms with Gasteiger partial charge in [-0.25, -0.2) is 0 Å². The second-order valence-electron chi connectivity index (χ2n) is 6.63. The minimum Gasteiger partial charge on any atom is -0.368 e. The van der Waals surface area contributed by atoms with Crippen LogP contribution in [0, 0.1) is 0 Å². The molecule has 1 aliphatic carbocycles. The minimum absolute atomic E-state index is 0.0897. The summed E-state index contributed by atoms with van der Waals surface area (Å²) in [4.78, 5) is 14.3. The van der Waals surface area contributed by atoms with Crippen molar-refractivity contribution in [1.82, 2.24) is 10.2 Å². The normalized spacial score (nSPS) is 23.6. The predicted molar refractivity (Wildman–Crippen MR) is 85.3 cm³/mol. The molecule has 0 aromatic rings. The number of nitrogens with zero attached hydrogens (tertiary/aromatic N) is 1. The van der Waals surface area contributed by atoms with Crippen molar-refractivity contribution >= 4 is 5.91 Å². The van der Waals surface area contributed by atoms with Gasteiger partial charge in [-0.05, 0) is 52.1 Å². The summed E-state index contributed by atoms with van der Waals surface area (Å²) in [5.74, 6) is 0.0897. The minimum atomic E-state index is -0.178. The Balaban J connectivity index is 1.45. The highest BCUT2D eigenvalue weighted by atomic mass is 16.5. The first-order chi connectivity index (χ1) is 10.3. The van der Waals surface area contributed by atoms with Crippen LogP contribution in [-0.4, -0.2) is 49.7 Å². The molecule has 0 aromatic carbocycles. The van der Waals surface area contributed by atoms with Crippen LogP contribution in [0.25, 0.3) is 0 Å². The number of unbranched alkanes of at least 4 members (excludes halogenated alkanes) is 2. The van der Waals surface area contributed by atoms with Crippen LogP contribution < -0.4 is 5.32 Å². The second-order valence-corrected chi connectivity index (χ2v) is 6.63. The second kappa shape index (κ2) is 9.42. The molecule has 1 unspecified atom stereocenters. The maximum Gasteiger partial charge on any atom is 0.249 e. The summed E-state index contributed by atoms with van der Waals surface area (Å²) in [7, 11) is 2.27. The lowest BCUT2D eigenvalue weighted by Gasteiger charge is -2.31. The topological polar surface area (TPSA) is 41.6 Å². The average Bonchev–Trinajstić information content (AvgIpc) is 3.05. The van der Waals surface area contributed by atoms with E-state index in [9.17, 15) is 4.79 Å². The Morgan fingerprint density at radius 1 is 1.10 bits per heavy atom. The van der Waals surface area contributed by atoms with Gasteiger partial charge in [0.25, 0.3) is 0 Å². The predicted octanol–water partition coefficient (Wildman–Crippen LogP) is 2.72. The zero-order chi connectivity index (χ0) is 14.9. The van der Waals surface area contributed by atoms with E-state index < -0.39 is 0 Å². The number of carbonyl (C=O) groups excluding carboxylic acids is 1. The lowest BCUT2D eigenvalue weighted by molar-refractivity contribution is -0.130. The molecule has 1 saturated heterocycles. The lowest BCUT2D eigenvalue weighted by Crippen LogP contribution is -2.35. The molecule has 1 saturated carbocycles. The summed E-state index contributed by atoms with van der Waals surface area (Å²) in [5, 5.41) is 3.00. The molecule has 2 fully saturated rings. The van der Waals surface area contributed by atoms with Crippen molar-refractivity contribution in [1.29, 1.82) is 0 Å². The van der Waals surface area contributed by atoms with Gasteiger partial charge in [0.1, 0.15) is 6.10 Å². The van der Waals surface area contributed by atoms with Crippen LogP contribution in [-0.2, 0) is 9.53 Å². The van der Waals surface area contributed by atoms with Crippen molar-refractivity contribution in [3.8, 4) is 0 Å². The smallest absolute Gasteiger partial charge is 0.249 e. The standard InChI is InChI=1S/C17H32N2O2/c1-19(15-9-4-2-5-10-15)13-7-3-6-12-18-17(20)16-11-8-14-21-16/h15-16H,2-14H2,1H3,(H,18,20). The molecule has 0 bridgehead atoms. The van der Waals surface area contributed by atoms with Gasteiger partial charge in [0, 0.05) is 19.2 Å². The fraction of sp³-hybridized carbons (Fsp3) is 0.941. The van der Waals surface area contributed by atoms with E-state index in [4.69, 9.17) is 4.74 Å². The van der Waals surface area contributed by atoms with Gasteiger partial charge in [0.2, 0.25) is 5.91 Å². The van der Waals surface area contributed by atoms with Crippen molar-refractivity contribution in [2.24, 2.45) is 0 Å². The van der Waals surface area contributed by atoms with E-state index in [1.165, 1.54) is 51.5 Å². The molecular formula is C17H32N2O2. The van der Waals surface area contributed by atoms with Gasteiger partial charge in [-0.2, -0.15) is 0 Å². The van der Waals surface area contributed by atoms with Crippen molar-refractivity contribution in [2.45, 2.75) is 76.4 Å². The molecule has 0 spiro atoms. The van der Waals surface area contributed by atoms with Crippen LogP contribution in [0.3, 0.4) is 0 Å². The summed E-state index contributed by atoms with van der Waals surface area (Å²) in [6.07, 6.45) is 12.2. The molecule has 4 nitrogen and oxygen atoms in total. The molecule has 1 amide bonds. The lowest BCUT2D eigenvalue weighted by atomic mass is 9.94. The molecule has 2 aliphatic rings. The molecule has 1 heterocycles. The molecule has 1 atom stereocenters. The molecule has 0 radical (unpaired) electrons. The van der Waals surface area contributed by atoms with E-state index in [-0.39, 0.29) is 12.0 Å². The van der Waals surface area contributed by atoms with Gasteiger partial charge in [-0.1, -0.05) is 25.7 Å². The van der Waals surface area contributed by atoms with Crippen molar-refractivity contribution < 1.29 is 9.53 Å². The molecule has 0 aromatic heterocycles. The molecule has 21 heavy (non-hydrogen) atoms. The van der Waals surface area contributed by atoms with E-state index in [1.807, 2.05) is 0 Å². The fourth-order valence-electron chi connectivity index (χ4n) is 3.48. The number of carbonyl (C=O) groups is 1. The Labute approximate surface area is 129 Å². The Morgan fingerprint density at radius 2 is 1.90 bits per heavy atom. The van der Waals surface area contributed by atoms with Gasteiger partial charge in [-0.3, -0.25) is 4.79 Å². The van der Waals surface area contributed by atoms with E-state index in [1.54, 1.807) is 0 Å². The third-order valence-corrected chi connectivity index (χ3v) is 4.91. The van der Waals surface area contributed by atoms with Crippen LogP contribution in [0.1, 0.15) is 64.2 Å². The Hall–Kier alpha value is -0.610. The first-order valence-corrected chi connectivity index (χ1v) is 8.87. The quantitative estimate of drug-likeness (QED) is 0.700. The largest absolute Gasteiger partial charge is 0.368 e. The third-order valence-electron chi connectivity index (χ3n) is 4.91. The molecule has 122 valence electrons. The van der Waals surface area contributed by atoms with E-state index >= 15 is 0 Å². The van der Waals surface area contributed by atoms with Crippen LogP contribution in [0.2, 0.25) is 0 Å². The van der Waals surface area contributed by atoms with E-state index in [2.05, 4.69) is 17.3 Å². The van der Waals surface area contributed by atoms with E-state index in [0.717, 1.165) is 38.5 Å². The third kappa shape index (κ3) is 5.95. The maximum atomic E-state index is 11.7. The van der Waals surface area contributed by atoms with Gasteiger partial charge in [-0.15, -0.1) is 0 Å². The molecule has 4 heteroatoms. The Morgan fingerprint density at radius 3 is 2.62 bits per heavy atom. The number of hydrogen-bond donors (Lipinski definition) is 1. The zero-order valence-electron chi connectivity index (χ0n) is 13.6. The van der Waals surface area contributed by atoms with E-state index in [0.29, 0.717) is 0 Å². The average molecular weight is 296 g/mol. The number of amides is 1. The Kier molecular flexibility index (Phi) is 7.51. The summed E-state index contributed by atoms with van der Waals surface area (Å²) < 4.78 is 5.37. The first-order valence-electron chi connectivity index (χ1n) is 8.87. The monoisotopic (exact) mass is 296 g/mol. The van der Waals surface area contributed by atoms with Gasteiger partial charge in [0.15, 0.2) is 0 Å². The molecule has 1 aliphatic heterocycles. The van der Waals surface area contributed by atoms with Crippen LogP contribution in [0.15, 0.2) is 0 Å². The summed E-state index contributed by atoms with van der Waals surface area (Å²) in [6.45, 7) is 2.74. The summed E-state index contributed by atoms with van der Waals surface area (Å²) in [6, 6.07) is 0.818.